The van der Waals surface area contributed by atoms with Crippen molar-refractivity contribution in [2.45, 2.75) is 20.8 Å². The largest absolute Gasteiger partial charge is 0.488 e. The summed E-state index contributed by atoms with van der Waals surface area (Å²) in [4.78, 5) is 23.4. The Balaban J connectivity index is 2.23. The van der Waals surface area contributed by atoms with Crippen LogP contribution in [0.2, 0.25) is 0 Å². The van der Waals surface area contributed by atoms with Crippen LogP contribution in [-0.4, -0.2) is 31.8 Å². The molecule has 0 bridgehead atoms. The van der Waals surface area contributed by atoms with E-state index < -0.39 is 11.9 Å². The first kappa shape index (κ1) is 19.1. The molecule has 0 radical (unpaired) electrons. The summed E-state index contributed by atoms with van der Waals surface area (Å²) in [6.45, 7) is 5.97. The monoisotopic (exact) mass is 410 g/mol. The zero-order valence-electron chi connectivity index (χ0n) is 14.3. The van der Waals surface area contributed by atoms with Gasteiger partial charge in [-0.05, 0) is 54.9 Å². The van der Waals surface area contributed by atoms with E-state index in [2.05, 4.69) is 15.9 Å². The van der Waals surface area contributed by atoms with Gasteiger partial charge in [0.2, 0.25) is 0 Å². The lowest BCUT2D eigenvalue weighted by Crippen LogP contribution is -2.05. The predicted molar refractivity (Wildman–Crippen MR) is 95.9 cm³/mol. The van der Waals surface area contributed by atoms with E-state index in [-0.39, 0.29) is 13.2 Å². The summed E-state index contributed by atoms with van der Waals surface area (Å²) in [7, 11) is 0. The topological polar surface area (TPSA) is 75.0 Å². The van der Waals surface area contributed by atoms with Gasteiger partial charge in [0, 0.05) is 11.5 Å². The summed E-state index contributed by atoms with van der Waals surface area (Å²) in [5.41, 5.74) is 0.943. The molecule has 1 aromatic heterocycles. The SMILES string of the molecule is CCOC(=O)/C=C/COc1cc2c(C(=O)OCC)c(C)oc2cc1Br. The van der Waals surface area contributed by atoms with Crippen LogP contribution in [0.4, 0.5) is 0 Å². The summed E-state index contributed by atoms with van der Waals surface area (Å²) in [6.07, 6.45) is 2.86. The lowest BCUT2D eigenvalue weighted by atomic mass is 10.1. The van der Waals surface area contributed by atoms with Gasteiger partial charge in [0.25, 0.3) is 0 Å². The van der Waals surface area contributed by atoms with E-state index >= 15 is 0 Å². The van der Waals surface area contributed by atoms with Gasteiger partial charge in [0.05, 0.1) is 17.7 Å². The normalized spacial score (nSPS) is 11.0. The molecule has 0 spiro atoms. The van der Waals surface area contributed by atoms with Crippen molar-refractivity contribution in [3.05, 3.63) is 40.1 Å². The van der Waals surface area contributed by atoms with Gasteiger partial charge in [0.15, 0.2) is 0 Å². The van der Waals surface area contributed by atoms with Gasteiger partial charge in [-0.3, -0.25) is 0 Å². The highest BCUT2D eigenvalue weighted by atomic mass is 79.9. The number of hydrogen-bond acceptors (Lipinski definition) is 6. The zero-order valence-corrected chi connectivity index (χ0v) is 15.8. The molecule has 25 heavy (non-hydrogen) atoms. The lowest BCUT2D eigenvalue weighted by molar-refractivity contribution is -0.137. The van der Waals surface area contributed by atoms with Gasteiger partial charge in [-0.25, -0.2) is 9.59 Å². The minimum Gasteiger partial charge on any atom is -0.488 e. The quantitative estimate of drug-likeness (QED) is 0.503. The van der Waals surface area contributed by atoms with Gasteiger partial charge in [0.1, 0.15) is 29.3 Å². The third-order valence-electron chi connectivity index (χ3n) is 3.27. The maximum absolute atomic E-state index is 12.1. The first-order valence-electron chi connectivity index (χ1n) is 7.83. The molecule has 6 nitrogen and oxygen atoms in total. The molecule has 7 heteroatoms. The zero-order chi connectivity index (χ0) is 18.4. The molecule has 0 unspecified atom stereocenters. The van der Waals surface area contributed by atoms with Crippen molar-refractivity contribution in [1.82, 2.24) is 0 Å². The fraction of sp³-hybridized carbons (Fsp3) is 0.333. The summed E-state index contributed by atoms with van der Waals surface area (Å²) >= 11 is 3.41. The van der Waals surface area contributed by atoms with Crippen molar-refractivity contribution < 1.29 is 28.2 Å². The number of fused-ring (bicyclic) bond motifs is 1. The van der Waals surface area contributed by atoms with Crippen molar-refractivity contribution in [3.63, 3.8) is 0 Å². The average molecular weight is 411 g/mol. The third-order valence-corrected chi connectivity index (χ3v) is 3.89. The van der Waals surface area contributed by atoms with E-state index in [1.807, 2.05) is 0 Å². The second kappa shape index (κ2) is 8.71. The summed E-state index contributed by atoms with van der Waals surface area (Å²) in [5.74, 6) is 0.150. The van der Waals surface area contributed by atoms with Crippen LogP contribution in [-0.2, 0) is 14.3 Å². The number of benzene rings is 1. The Morgan fingerprint density at radius 2 is 1.92 bits per heavy atom. The first-order chi connectivity index (χ1) is 12.0. The number of halogens is 1. The van der Waals surface area contributed by atoms with E-state index in [1.165, 1.54) is 6.08 Å². The van der Waals surface area contributed by atoms with Crippen LogP contribution in [0, 0.1) is 6.92 Å². The Labute approximate surface area is 153 Å². The van der Waals surface area contributed by atoms with Gasteiger partial charge in [-0.2, -0.15) is 0 Å². The Bertz CT molecular complexity index is 805. The van der Waals surface area contributed by atoms with E-state index in [9.17, 15) is 9.59 Å². The number of hydrogen-bond donors (Lipinski definition) is 0. The maximum Gasteiger partial charge on any atom is 0.342 e. The van der Waals surface area contributed by atoms with E-state index in [0.29, 0.717) is 39.1 Å². The molecule has 0 aliphatic rings. The van der Waals surface area contributed by atoms with Crippen molar-refractivity contribution in [1.29, 1.82) is 0 Å². The standard InChI is InChI=1S/C18H19BrO6/c1-4-22-16(20)7-6-8-24-15-9-12-14(10-13(15)19)25-11(3)17(12)18(21)23-5-2/h6-7,9-10H,4-5,8H2,1-3H3/b7-6+. The smallest absolute Gasteiger partial charge is 0.342 e. The molecule has 1 heterocycles. The van der Waals surface area contributed by atoms with Crippen LogP contribution in [0.25, 0.3) is 11.0 Å². The molecule has 0 N–H and O–H groups in total. The number of esters is 2. The fourth-order valence-electron chi connectivity index (χ4n) is 2.26. The minimum absolute atomic E-state index is 0.175. The van der Waals surface area contributed by atoms with Gasteiger partial charge in [-0.1, -0.05) is 0 Å². The molecule has 134 valence electrons. The Hall–Kier alpha value is -2.28. The van der Waals surface area contributed by atoms with Crippen molar-refractivity contribution in [2.24, 2.45) is 0 Å². The van der Waals surface area contributed by atoms with Crippen LogP contribution >= 0.6 is 15.9 Å². The molecule has 0 fully saturated rings. The maximum atomic E-state index is 12.1. The number of rotatable bonds is 7. The molecule has 0 aliphatic carbocycles. The van der Waals surface area contributed by atoms with Crippen molar-refractivity contribution in [3.8, 4) is 5.75 Å². The predicted octanol–water partition coefficient (Wildman–Crippen LogP) is 4.18. The van der Waals surface area contributed by atoms with Crippen LogP contribution in [0.5, 0.6) is 5.75 Å². The molecule has 1 aromatic carbocycles. The van der Waals surface area contributed by atoms with E-state index in [0.717, 1.165) is 0 Å². The van der Waals surface area contributed by atoms with Crippen molar-refractivity contribution >= 4 is 38.8 Å². The molecule has 0 amide bonds. The molecule has 2 aromatic rings. The fourth-order valence-corrected chi connectivity index (χ4v) is 2.70. The van der Waals surface area contributed by atoms with Crippen LogP contribution < -0.4 is 4.74 Å². The van der Waals surface area contributed by atoms with E-state index in [4.69, 9.17) is 18.6 Å². The number of carbonyl (C=O) groups excluding carboxylic acids is 2. The Morgan fingerprint density at radius 3 is 2.60 bits per heavy atom. The molecule has 0 aliphatic heterocycles. The highest BCUT2D eigenvalue weighted by Gasteiger charge is 2.21. The molecule has 2 rings (SSSR count). The summed E-state index contributed by atoms with van der Waals surface area (Å²) < 4.78 is 21.8. The van der Waals surface area contributed by atoms with Crippen molar-refractivity contribution in [2.75, 3.05) is 19.8 Å². The van der Waals surface area contributed by atoms with Gasteiger partial charge >= 0.3 is 11.9 Å². The van der Waals surface area contributed by atoms with Crippen LogP contribution in [0.15, 0.2) is 33.2 Å². The summed E-state index contributed by atoms with van der Waals surface area (Å²) in [6, 6.07) is 3.44. The van der Waals surface area contributed by atoms with Crippen LogP contribution in [0.1, 0.15) is 30.0 Å². The van der Waals surface area contributed by atoms with Crippen LogP contribution in [0.3, 0.4) is 0 Å². The van der Waals surface area contributed by atoms with E-state index in [1.54, 1.807) is 39.0 Å². The summed E-state index contributed by atoms with van der Waals surface area (Å²) in [5, 5.41) is 0.614. The Kier molecular flexibility index (Phi) is 6.64. The first-order valence-corrected chi connectivity index (χ1v) is 8.63. The molecular formula is C18H19BrO6. The number of aryl methyl sites for hydroxylation is 1. The minimum atomic E-state index is -0.436. The highest BCUT2D eigenvalue weighted by Crippen LogP contribution is 2.35. The number of furan rings is 1. The molecule has 0 atom stereocenters. The highest BCUT2D eigenvalue weighted by molar-refractivity contribution is 9.10. The molecule has 0 saturated carbocycles. The molecule has 0 saturated heterocycles. The van der Waals surface area contributed by atoms with Gasteiger partial charge in [-0.15, -0.1) is 0 Å². The van der Waals surface area contributed by atoms with Gasteiger partial charge < -0.3 is 18.6 Å². The second-order valence-electron chi connectivity index (χ2n) is 5.00. The second-order valence-corrected chi connectivity index (χ2v) is 5.85. The number of carbonyl (C=O) groups is 2. The Morgan fingerprint density at radius 1 is 1.20 bits per heavy atom. The third kappa shape index (κ3) is 4.63. The lowest BCUT2D eigenvalue weighted by Gasteiger charge is -2.06. The average Bonchev–Trinajstić information content (AvgIpc) is 2.86. The number of ether oxygens (including phenoxy) is 3. The molecular weight excluding hydrogens is 392 g/mol.